The van der Waals surface area contributed by atoms with Gasteiger partial charge < -0.3 is 20.6 Å². The van der Waals surface area contributed by atoms with E-state index >= 15 is 0 Å². The highest BCUT2D eigenvalue weighted by molar-refractivity contribution is 7.10. The normalized spacial score (nSPS) is 14.0. The van der Waals surface area contributed by atoms with Crippen molar-refractivity contribution in [2.45, 2.75) is 32.9 Å². The van der Waals surface area contributed by atoms with Crippen LogP contribution in [-0.2, 0) is 12.1 Å². The van der Waals surface area contributed by atoms with Gasteiger partial charge >= 0.3 is 0 Å². The van der Waals surface area contributed by atoms with E-state index in [0.717, 1.165) is 11.4 Å². The second-order valence-electron chi connectivity index (χ2n) is 6.81. The predicted octanol–water partition coefficient (Wildman–Crippen LogP) is 3.09. The zero-order chi connectivity index (χ0) is 19.2. The second kappa shape index (κ2) is 9.05. The molecule has 2 aromatic rings. The van der Waals surface area contributed by atoms with Gasteiger partial charge in [-0.15, -0.1) is 11.3 Å². The lowest BCUT2D eigenvalue weighted by Gasteiger charge is -2.23. The van der Waals surface area contributed by atoms with Crippen LogP contribution in [0.25, 0.3) is 0 Å². The van der Waals surface area contributed by atoms with E-state index in [1.165, 1.54) is 16.8 Å². The van der Waals surface area contributed by atoms with Crippen LogP contribution in [0.1, 0.15) is 29.9 Å². The van der Waals surface area contributed by atoms with Crippen molar-refractivity contribution < 1.29 is 5.11 Å². The molecule has 1 heterocycles. The van der Waals surface area contributed by atoms with Crippen molar-refractivity contribution in [3.63, 3.8) is 0 Å². The van der Waals surface area contributed by atoms with Crippen LogP contribution in [-0.4, -0.2) is 38.3 Å². The van der Waals surface area contributed by atoms with Crippen LogP contribution < -0.4 is 15.5 Å². The quantitative estimate of drug-likeness (QED) is 0.515. The Bertz CT molecular complexity index is 723. The summed E-state index contributed by atoms with van der Waals surface area (Å²) in [4.78, 5) is 7.71. The summed E-state index contributed by atoms with van der Waals surface area (Å²) in [5, 5.41) is 19.1. The minimum atomic E-state index is -0.923. The van der Waals surface area contributed by atoms with Gasteiger partial charge in [-0.25, -0.2) is 4.99 Å². The number of aryl methyl sites for hydroxylation is 1. The molecule has 0 bridgehead atoms. The molecule has 0 saturated carbocycles. The smallest absolute Gasteiger partial charge is 0.191 e. The number of hydrogen-bond donors (Lipinski definition) is 3. The number of rotatable bonds is 7. The maximum Gasteiger partial charge on any atom is 0.191 e. The van der Waals surface area contributed by atoms with Gasteiger partial charge in [-0.05, 0) is 55.5 Å². The summed E-state index contributed by atoms with van der Waals surface area (Å²) in [6.07, 6.45) is 0. The Morgan fingerprint density at radius 2 is 2.04 bits per heavy atom. The van der Waals surface area contributed by atoms with Crippen LogP contribution in [0.3, 0.4) is 0 Å². The van der Waals surface area contributed by atoms with Crippen molar-refractivity contribution in [3.05, 3.63) is 51.7 Å². The maximum atomic E-state index is 10.7. The highest BCUT2D eigenvalue weighted by Crippen LogP contribution is 2.24. The molecule has 3 N–H and O–H groups in total. The molecule has 0 aliphatic rings. The van der Waals surface area contributed by atoms with Crippen LogP contribution in [0.15, 0.2) is 40.7 Å². The van der Waals surface area contributed by atoms with E-state index in [2.05, 4.69) is 45.6 Å². The average Bonchev–Trinajstić information content (AvgIpc) is 3.13. The fourth-order valence-corrected chi connectivity index (χ4v) is 3.36. The van der Waals surface area contributed by atoms with Crippen molar-refractivity contribution >= 4 is 23.0 Å². The monoisotopic (exact) mass is 374 g/mol. The molecule has 142 valence electrons. The Hall–Kier alpha value is -2.05. The molecule has 0 aliphatic heterocycles. The first kappa shape index (κ1) is 20.3. The number of nitrogens with zero attached hydrogens (tertiary/aromatic N) is 2. The Morgan fingerprint density at radius 1 is 1.27 bits per heavy atom. The van der Waals surface area contributed by atoms with Crippen LogP contribution in [0.4, 0.5) is 5.69 Å². The Kier molecular flexibility index (Phi) is 7.06. The topological polar surface area (TPSA) is 59.9 Å². The Labute approximate surface area is 160 Å². The van der Waals surface area contributed by atoms with E-state index in [4.69, 9.17) is 0 Å². The zero-order valence-corrected chi connectivity index (χ0v) is 17.2. The number of benzene rings is 1. The number of aliphatic imine (C=N–C) groups is 1. The molecule has 1 aromatic carbocycles. The molecule has 0 saturated heterocycles. The van der Waals surface area contributed by atoms with Crippen LogP contribution in [0.5, 0.6) is 0 Å². The highest BCUT2D eigenvalue weighted by atomic mass is 32.1. The fraction of sp³-hybridized carbons (Fsp3) is 0.450. The molecule has 1 aromatic heterocycles. The third-order valence-electron chi connectivity index (χ3n) is 4.25. The van der Waals surface area contributed by atoms with Gasteiger partial charge in [-0.1, -0.05) is 12.1 Å². The maximum absolute atomic E-state index is 10.7. The fourth-order valence-electron chi connectivity index (χ4n) is 2.57. The van der Waals surface area contributed by atoms with Gasteiger partial charge in [0, 0.05) is 31.2 Å². The SMILES string of the molecule is CCNC(=NCc1ccc(N(C)C)cc1C)NCC(C)(O)c1cccs1. The van der Waals surface area contributed by atoms with Crippen molar-refractivity contribution in [3.8, 4) is 0 Å². The molecule has 1 unspecified atom stereocenters. The number of guanidine groups is 1. The van der Waals surface area contributed by atoms with Crippen molar-refractivity contribution in [1.82, 2.24) is 10.6 Å². The van der Waals surface area contributed by atoms with Crippen molar-refractivity contribution in [2.24, 2.45) is 4.99 Å². The Balaban J connectivity index is 2.04. The number of anilines is 1. The molecule has 0 radical (unpaired) electrons. The van der Waals surface area contributed by atoms with Gasteiger partial charge in [0.25, 0.3) is 0 Å². The highest BCUT2D eigenvalue weighted by Gasteiger charge is 2.24. The summed E-state index contributed by atoms with van der Waals surface area (Å²) in [6.45, 7) is 7.73. The molecule has 0 fully saturated rings. The van der Waals surface area contributed by atoms with E-state index in [1.54, 1.807) is 11.3 Å². The molecular weight excluding hydrogens is 344 g/mol. The molecule has 26 heavy (non-hydrogen) atoms. The van der Waals surface area contributed by atoms with E-state index in [1.807, 2.05) is 45.5 Å². The lowest BCUT2D eigenvalue weighted by atomic mass is 10.1. The number of nitrogens with one attached hydrogen (secondary N) is 2. The van der Waals surface area contributed by atoms with Crippen LogP contribution in [0.2, 0.25) is 0 Å². The van der Waals surface area contributed by atoms with E-state index in [-0.39, 0.29) is 0 Å². The van der Waals surface area contributed by atoms with Crippen LogP contribution >= 0.6 is 11.3 Å². The van der Waals surface area contributed by atoms with E-state index in [9.17, 15) is 5.11 Å². The predicted molar refractivity (Wildman–Crippen MR) is 112 cm³/mol. The standard InChI is InChI=1S/C20H30N4OS/c1-6-21-19(23-14-20(3,25)18-8-7-11-26-18)22-13-16-9-10-17(24(4)5)12-15(16)2/h7-12,25H,6,13-14H2,1-5H3,(H2,21,22,23). The third-order valence-corrected chi connectivity index (χ3v) is 5.37. The summed E-state index contributed by atoms with van der Waals surface area (Å²) in [6, 6.07) is 10.3. The summed E-state index contributed by atoms with van der Waals surface area (Å²) in [5.74, 6) is 0.709. The molecule has 0 aliphatic carbocycles. The van der Waals surface area contributed by atoms with Gasteiger partial charge in [-0.3, -0.25) is 0 Å². The van der Waals surface area contributed by atoms with Crippen molar-refractivity contribution in [1.29, 1.82) is 0 Å². The minimum Gasteiger partial charge on any atom is -0.383 e. The number of hydrogen-bond acceptors (Lipinski definition) is 4. The van der Waals surface area contributed by atoms with E-state index < -0.39 is 5.60 Å². The summed E-state index contributed by atoms with van der Waals surface area (Å²) >= 11 is 1.56. The van der Waals surface area contributed by atoms with Crippen molar-refractivity contribution in [2.75, 3.05) is 32.1 Å². The first-order valence-electron chi connectivity index (χ1n) is 8.89. The number of aliphatic hydroxyl groups is 1. The molecule has 0 amide bonds. The van der Waals surface area contributed by atoms with Gasteiger partial charge in [0.1, 0.15) is 5.60 Å². The lowest BCUT2D eigenvalue weighted by molar-refractivity contribution is 0.0655. The molecule has 2 rings (SSSR count). The first-order valence-corrected chi connectivity index (χ1v) is 9.77. The average molecular weight is 375 g/mol. The summed E-state index contributed by atoms with van der Waals surface area (Å²) in [5.41, 5.74) is 2.68. The molecule has 6 heteroatoms. The molecule has 1 atom stereocenters. The summed E-state index contributed by atoms with van der Waals surface area (Å²) < 4.78 is 0. The van der Waals surface area contributed by atoms with Crippen LogP contribution in [0, 0.1) is 6.92 Å². The van der Waals surface area contributed by atoms with Gasteiger partial charge in [0.05, 0.1) is 13.1 Å². The summed E-state index contributed by atoms with van der Waals surface area (Å²) in [7, 11) is 4.08. The van der Waals surface area contributed by atoms with Gasteiger partial charge in [0.2, 0.25) is 0 Å². The zero-order valence-electron chi connectivity index (χ0n) is 16.3. The Morgan fingerprint density at radius 3 is 2.62 bits per heavy atom. The van der Waals surface area contributed by atoms with Gasteiger partial charge in [0.15, 0.2) is 5.96 Å². The molecule has 5 nitrogen and oxygen atoms in total. The third kappa shape index (κ3) is 5.47. The lowest BCUT2D eigenvalue weighted by Crippen LogP contribution is -2.44. The van der Waals surface area contributed by atoms with Gasteiger partial charge in [-0.2, -0.15) is 0 Å². The first-order chi connectivity index (χ1) is 12.3. The van der Waals surface area contributed by atoms with E-state index in [0.29, 0.717) is 19.0 Å². The minimum absolute atomic E-state index is 0.401. The second-order valence-corrected chi connectivity index (χ2v) is 7.75. The molecule has 0 spiro atoms. The number of thiophene rings is 1. The molecular formula is C20H30N4OS. The largest absolute Gasteiger partial charge is 0.383 e.